The van der Waals surface area contributed by atoms with E-state index in [9.17, 15) is 4.79 Å². The summed E-state index contributed by atoms with van der Waals surface area (Å²) in [5, 5.41) is 0.845. The smallest absolute Gasteiger partial charge is 0.373 e. The number of hydrogen-bond acceptors (Lipinski definition) is 8. The second kappa shape index (κ2) is 14.5. The topological polar surface area (TPSA) is 125 Å². The van der Waals surface area contributed by atoms with Crippen molar-refractivity contribution in [1.29, 1.82) is 0 Å². The molecule has 0 saturated heterocycles. The highest BCUT2D eigenvalue weighted by Crippen LogP contribution is 2.35. The third-order valence-corrected chi connectivity index (χ3v) is 5.76. The van der Waals surface area contributed by atoms with E-state index in [1.165, 1.54) is 24.0 Å². The highest BCUT2D eigenvalue weighted by Gasteiger charge is 2.38. The molecule has 2 saturated carbocycles. The molecule has 5 rings (SSSR count). The molecule has 2 aliphatic carbocycles. The van der Waals surface area contributed by atoms with Crippen LogP contribution in [0.15, 0.2) is 24.5 Å². The van der Waals surface area contributed by atoms with E-state index in [1.54, 1.807) is 20.4 Å². The fourth-order valence-corrected chi connectivity index (χ4v) is 3.50. The van der Waals surface area contributed by atoms with Crippen molar-refractivity contribution in [2.75, 3.05) is 14.2 Å². The zero-order valence-electron chi connectivity index (χ0n) is 19.0. The number of halogens is 1. The predicted octanol–water partition coefficient (Wildman–Crippen LogP) is 3.66. The van der Waals surface area contributed by atoms with Crippen LogP contribution in [0.3, 0.4) is 0 Å². The van der Waals surface area contributed by atoms with Crippen molar-refractivity contribution in [3.8, 4) is 11.8 Å². The lowest BCUT2D eigenvalue weighted by Crippen LogP contribution is -2.25. The standard InChI is InChI=1S/C11H12N2O2.C8H10BrNO.C3H7N.CO2.CH4/c1-15-10-4-7-6-13(8-2-3-8)11(14)9(7)5-12-10;1-6-5-10-8(11-2)3-7(6)4-9;4-3-1-2-3;2-1-3;/h4-5,8H,2-3,6H2,1H3;3,5H,4H2,1-2H3;3H,1-2,4H2;;1H4. The molecule has 0 radical (unpaired) electrons. The Morgan fingerprint density at radius 1 is 1.09 bits per heavy atom. The molecule has 1 aliphatic heterocycles. The Kier molecular flexibility index (Phi) is 12.4. The summed E-state index contributed by atoms with van der Waals surface area (Å²) in [5.41, 5.74) is 9.40. The van der Waals surface area contributed by atoms with Crippen LogP contribution in [0.2, 0.25) is 0 Å². The van der Waals surface area contributed by atoms with E-state index in [1.807, 2.05) is 30.2 Å². The van der Waals surface area contributed by atoms with E-state index in [2.05, 4.69) is 25.9 Å². The van der Waals surface area contributed by atoms with Gasteiger partial charge in [0.1, 0.15) is 0 Å². The lowest BCUT2D eigenvalue weighted by molar-refractivity contribution is -0.191. The lowest BCUT2D eigenvalue weighted by Gasteiger charge is -2.13. The molecule has 2 aromatic rings. The van der Waals surface area contributed by atoms with E-state index >= 15 is 0 Å². The highest BCUT2D eigenvalue weighted by atomic mass is 79.9. The molecule has 2 fully saturated rings. The third-order valence-electron chi connectivity index (χ3n) is 5.16. The fraction of sp³-hybridized carbons (Fsp3) is 0.500. The van der Waals surface area contributed by atoms with Crippen molar-refractivity contribution in [2.45, 2.75) is 64.0 Å². The number of fused-ring (bicyclic) bond motifs is 1. The van der Waals surface area contributed by atoms with Gasteiger partial charge in [0.2, 0.25) is 11.8 Å². The molecule has 10 heteroatoms. The zero-order chi connectivity index (χ0) is 24.4. The molecule has 2 aromatic heterocycles. The molecular formula is C24H33BrN4O5. The van der Waals surface area contributed by atoms with Crippen molar-refractivity contribution in [3.63, 3.8) is 0 Å². The Labute approximate surface area is 209 Å². The summed E-state index contributed by atoms with van der Waals surface area (Å²) in [6.45, 7) is 2.75. The number of pyridine rings is 2. The summed E-state index contributed by atoms with van der Waals surface area (Å²) in [7, 11) is 3.21. The molecule has 186 valence electrons. The number of nitrogens with two attached hydrogens (primary N) is 1. The Bertz CT molecular complexity index is 974. The number of rotatable bonds is 4. The number of carbonyl (C=O) groups is 1. The Morgan fingerprint density at radius 2 is 1.62 bits per heavy atom. The van der Waals surface area contributed by atoms with Crippen LogP contribution < -0.4 is 15.2 Å². The van der Waals surface area contributed by atoms with Crippen LogP contribution in [0.1, 0.15) is 60.2 Å². The number of amides is 1. The first-order chi connectivity index (χ1) is 15.9. The molecule has 0 unspecified atom stereocenters. The third kappa shape index (κ3) is 8.85. The van der Waals surface area contributed by atoms with Gasteiger partial charge < -0.3 is 20.1 Å². The first-order valence-corrected chi connectivity index (χ1v) is 11.6. The molecular weight excluding hydrogens is 504 g/mol. The first-order valence-electron chi connectivity index (χ1n) is 10.5. The number of aryl methyl sites for hydroxylation is 1. The monoisotopic (exact) mass is 536 g/mol. The second-order valence-electron chi connectivity index (χ2n) is 7.76. The van der Waals surface area contributed by atoms with Crippen LogP contribution in [-0.4, -0.2) is 53.2 Å². The summed E-state index contributed by atoms with van der Waals surface area (Å²) in [5.74, 6) is 1.38. The quantitative estimate of drug-likeness (QED) is 0.586. The van der Waals surface area contributed by atoms with Gasteiger partial charge in [-0.25, -0.2) is 9.97 Å². The maximum atomic E-state index is 11.9. The van der Waals surface area contributed by atoms with Crippen LogP contribution in [0.5, 0.6) is 11.8 Å². The Hall–Kier alpha value is -2.81. The Balaban J connectivity index is 0.000000267. The average molecular weight is 537 g/mol. The van der Waals surface area contributed by atoms with Gasteiger partial charge in [-0.1, -0.05) is 23.4 Å². The molecule has 34 heavy (non-hydrogen) atoms. The fourth-order valence-electron chi connectivity index (χ4n) is 2.90. The van der Waals surface area contributed by atoms with E-state index in [-0.39, 0.29) is 19.5 Å². The van der Waals surface area contributed by atoms with Crippen molar-refractivity contribution in [2.24, 2.45) is 5.73 Å². The van der Waals surface area contributed by atoms with Crippen molar-refractivity contribution < 1.29 is 23.9 Å². The van der Waals surface area contributed by atoms with Crippen LogP contribution in [0.25, 0.3) is 0 Å². The van der Waals surface area contributed by atoms with E-state index in [0.717, 1.165) is 35.8 Å². The highest BCUT2D eigenvalue weighted by molar-refractivity contribution is 9.08. The van der Waals surface area contributed by atoms with E-state index < -0.39 is 0 Å². The van der Waals surface area contributed by atoms with Gasteiger partial charge in [-0.05, 0) is 49.3 Å². The molecule has 0 atom stereocenters. The average Bonchev–Trinajstić information content (AvgIpc) is 3.76. The number of alkyl halides is 1. The summed E-state index contributed by atoms with van der Waals surface area (Å²) in [6, 6.07) is 4.84. The first kappa shape index (κ1) is 29.2. The molecule has 2 N–H and O–H groups in total. The minimum absolute atomic E-state index is 0. The summed E-state index contributed by atoms with van der Waals surface area (Å²) in [4.78, 5) is 38.2. The van der Waals surface area contributed by atoms with Crippen LogP contribution >= 0.6 is 15.9 Å². The molecule has 1 amide bonds. The van der Waals surface area contributed by atoms with Gasteiger partial charge in [0.25, 0.3) is 5.91 Å². The van der Waals surface area contributed by atoms with Crippen molar-refractivity contribution in [3.05, 3.63) is 46.8 Å². The summed E-state index contributed by atoms with van der Waals surface area (Å²) in [6.07, 6.45) is 8.50. The SMILES string of the molecule is C.COc1cc(CBr)c(C)cn1.COc1cc2c(cn1)C(=O)N(C1CC1)C2.NC1CC1.O=C=O. The number of hydrogen-bond donors (Lipinski definition) is 1. The number of methoxy groups -OCH3 is 2. The molecule has 3 heterocycles. The zero-order valence-corrected chi connectivity index (χ0v) is 20.6. The Morgan fingerprint density at radius 3 is 2.09 bits per heavy atom. The normalized spacial score (nSPS) is 15.0. The van der Waals surface area contributed by atoms with Gasteiger partial charge in [-0.15, -0.1) is 0 Å². The van der Waals surface area contributed by atoms with Gasteiger partial charge in [0, 0.05) is 48.5 Å². The van der Waals surface area contributed by atoms with E-state index in [4.69, 9.17) is 24.8 Å². The van der Waals surface area contributed by atoms with Crippen LogP contribution in [-0.2, 0) is 21.5 Å². The van der Waals surface area contributed by atoms with Gasteiger partial charge >= 0.3 is 6.15 Å². The largest absolute Gasteiger partial charge is 0.481 e. The number of carbonyl (C=O) groups excluding carboxylic acids is 3. The van der Waals surface area contributed by atoms with E-state index in [0.29, 0.717) is 23.8 Å². The van der Waals surface area contributed by atoms with Gasteiger partial charge in [0.05, 0.1) is 19.8 Å². The van der Waals surface area contributed by atoms with Crippen LogP contribution in [0, 0.1) is 6.92 Å². The number of ether oxygens (including phenoxy) is 2. The lowest BCUT2D eigenvalue weighted by atomic mass is 10.2. The van der Waals surface area contributed by atoms with Crippen LogP contribution in [0.4, 0.5) is 0 Å². The summed E-state index contributed by atoms with van der Waals surface area (Å²) < 4.78 is 10.0. The maximum absolute atomic E-state index is 11.9. The number of nitrogens with zero attached hydrogens (tertiary/aromatic N) is 3. The molecule has 0 aromatic carbocycles. The number of aromatic nitrogens is 2. The summed E-state index contributed by atoms with van der Waals surface area (Å²) >= 11 is 3.39. The molecule has 0 spiro atoms. The minimum Gasteiger partial charge on any atom is -0.481 e. The molecule has 9 nitrogen and oxygen atoms in total. The van der Waals surface area contributed by atoms with Gasteiger partial charge in [-0.2, -0.15) is 9.59 Å². The van der Waals surface area contributed by atoms with Crippen molar-refractivity contribution >= 4 is 28.0 Å². The molecule has 0 bridgehead atoms. The molecule has 3 aliphatic rings. The maximum Gasteiger partial charge on any atom is 0.373 e. The van der Waals surface area contributed by atoms with Gasteiger partial charge in [-0.3, -0.25) is 4.79 Å². The minimum atomic E-state index is 0. The van der Waals surface area contributed by atoms with Gasteiger partial charge in [0.15, 0.2) is 0 Å². The predicted molar refractivity (Wildman–Crippen MR) is 131 cm³/mol. The van der Waals surface area contributed by atoms with Crippen molar-refractivity contribution in [1.82, 2.24) is 14.9 Å². The second-order valence-corrected chi connectivity index (χ2v) is 8.32.